The molecule has 0 atom stereocenters. The average molecular weight is 422 g/mol. The van der Waals surface area contributed by atoms with E-state index in [-0.39, 0.29) is 32.1 Å². The van der Waals surface area contributed by atoms with Crippen molar-refractivity contribution in [2.24, 2.45) is 0 Å². The summed E-state index contributed by atoms with van der Waals surface area (Å²) >= 11 is 0. The van der Waals surface area contributed by atoms with Crippen molar-refractivity contribution in [3.8, 4) is 5.75 Å². The Balaban J connectivity index is 1.67. The zero-order chi connectivity index (χ0) is 21.0. The highest BCUT2D eigenvalue weighted by Gasteiger charge is 2.33. The molecule has 29 heavy (non-hydrogen) atoms. The van der Waals surface area contributed by atoms with Gasteiger partial charge in [0.25, 0.3) is 0 Å². The van der Waals surface area contributed by atoms with Gasteiger partial charge in [0.15, 0.2) is 4.90 Å². The lowest BCUT2D eigenvalue weighted by atomic mass is 10.2. The van der Waals surface area contributed by atoms with Gasteiger partial charge in [0, 0.05) is 37.8 Å². The first-order valence-electron chi connectivity index (χ1n) is 8.89. The number of carbonyl (C=O) groups excluding carboxylic acids is 1. The number of nitrogens with zero attached hydrogens (tertiary/aromatic N) is 2. The zero-order valence-corrected chi connectivity index (χ0v) is 16.5. The summed E-state index contributed by atoms with van der Waals surface area (Å²) in [5, 5.41) is 0. The fourth-order valence-electron chi connectivity index (χ4n) is 3.08. The molecule has 0 aliphatic carbocycles. The van der Waals surface area contributed by atoms with E-state index >= 15 is 0 Å². The lowest BCUT2D eigenvalue weighted by molar-refractivity contribution is -0.127. The maximum absolute atomic E-state index is 13.9. The van der Waals surface area contributed by atoms with Crippen molar-refractivity contribution < 1.29 is 26.7 Å². The van der Waals surface area contributed by atoms with Crippen molar-refractivity contribution in [2.45, 2.75) is 4.90 Å². The zero-order valence-electron chi connectivity index (χ0n) is 15.7. The molecular weight excluding hydrogens is 402 g/mol. The second-order valence-corrected chi connectivity index (χ2v) is 8.23. The number of methoxy groups -OCH3 is 1. The Morgan fingerprint density at radius 2 is 1.62 bits per heavy atom. The summed E-state index contributed by atoms with van der Waals surface area (Å²) in [6.45, 7) is 0.128. The molecule has 154 valence electrons. The second kappa shape index (κ2) is 8.71. The lowest BCUT2D eigenvalue weighted by Crippen LogP contribution is -2.50. The molecule has 3 rings (SSSR count). The number of carbonyl (C=O) groups is 1. The van der Waals surface area contributed by atoms with E-state index in [1.165, 1.54) is 18.1 Å². The van der Waals surface area contributed by atoms with Gasteiger partial charge in [-0.05, 0) is 24.3 Å². The summed E-state index contributed by atoms with van der Waals surface area (Å²) in [6.07, 6.45) is 3.01. The van der Waals surface area contributed by atoms with Crippen LogP contribution in [0, 0.1) is 11.6 Å². The van der Waals surface area contributed by atoms with Gasteiger partial charge in [-0.25, -0.2) is 17.2 Å². The quantitative estimate of drug-likeness (QED) is 0.695. The molecule has 1 heterocycles. The molecular formula is C20H20F2N2O4S. The third-order valence-electron chi connectivity index (χ3n) is 4.61. The Kier molecular flexibility index (Phi) is 6.29. The van der Waals surface area contributed by atoms with E-state index in [4.69, 9.17) is 4.74 Å². The highest BCUT2D eigenvalue weighted by atomic mass is 32.2. The summed E-state index contributed by atoms with van der Waals surface area (Å²) in [6, 6.07) is 10.1. The first-order chi connectivity index (χ1) is 13.8. The van der Waals surface area contributed by atoms with E-state index in [1.54, 1.807) is 18.2 Å². The molecule has 9 heteroatoms. The number of hydrogen-bond acceptors (Lipinski definition) is 4. The molecule has 0 saturated carbocycles. The molecule has 6 nitrogen and oxygen atoms in total. The van der Waals surface area contributed by atoms with Crippen molar-refractivity contribution in [3.63, 3.8) is 0 Å². The number of halogens is 2. The van der Waals surface area contributed by atoms with Crippen molar-refractivity contribution in [1.82, 2.24) is 9.21 Å². The van der Waals surface area contributed by atoms with Crippen LogP contribution in [0.1, 0.15) is 5.56 Å². The highest BCUT2D eigenvalue weighted by molar-refractivity contribution is 7.89. The Hall–Kier alpha value is -2.78. The van der Waals surface area contributed by atoms with Crippen molar-refractivity contribution in [3.05, 3.63) is 65.7 Å². The van der Waals surface area contributed by atoms with Crippen molar-refractivity contribution in [2.75, 3.05) is 33.3 Å². The number of amides is 1. The van der Waals surface area contributed by atoms with E-state index < -0.39 is 26.6 Å². The van der Waals surface area contributed by atoms with Crippen LogP contribution < -0.4 is 4.74 Å². The first kappa shape index (κ1) is 20.9. The monoisotopic (exact) mass is 422 g/mol. The summed E-state index contributed by atoms with van der Waals surface area (Å²) in [5.41, 5.74) is 0.736. The smallest absolute Gasteiger partial charge is 0.249 e. The fourth-order valence-corrected chi connectivity index (χ4v) is 4.61. The molecule has 0 bridgehead atoms. The van der Waals surface area contributed by atoms with Crippen LogP contribution in [0.5, 0.6) is 5.75 Å². The molecule has 0 radical (unpaired) electrons. The average Bonchev–Trinajstić information content (AvgIpc) is 2.72. The lowest BCUT2D eigenvalue weighted by Gasteiger charge is -2.33. The van der Waals surface area contributed by atoms with Crippen molar-refractivity contribution >= 4 is 22.0 Å². The highest BCUT2D eigenvalue weighted by Crippen LogP contribution is 2.24. The maximum atomic E-state index is 13.9. The van der Waals surface area contributed by atoms with Gasteiger partial charge in [0.05, 0.1) is 7.11 Å². The molecule has 0 aromatic heterocycles. The van der Waals surface area contributed by atoms with Crippen LogP contribution in [-0.4, -0.2) is 56.8 Å². The molecule has 1 fully saturated rings. The van der Waals surface area contributed by atoms with Gasteiger partial charge in [-0.1, -0.05) is 24.3 Å². The number of para-hydroxylation sites is 1. The molecule has 2 aromatic carbocycles. The molecule has 2 aromatic rings. The van der Waals surface area contributed by atoms with Crippen molar-refractivity contribution in [1.29, 1.82) is 0 Å². The van der Waals surface area contributed by atoms with Crippen LogP contribution in [0.3, 0.4) is 0 Å². The standard InChI is InChI=1S/C20H20F2N2O4S/c1-28-18-8-3-2-5-15(18)9-10-19(25)23-11-13-24(14-12-23)29(26,27)20-16(21)6-4-7-17(20)22/h2-10H,11-14H2,1H3. The third-order valence-corrected chi connectivity index (χ3v) is 6.56. The molecule has 1 saturated heterocycles. The van der Waals surface area contributed by atoms with Gasteiger partial charge in [-0.3, -0.25) is 4.79 Å². The first-order valence-corrected chi connectivity index (χ1v) is 10.3. The summed E-state index contributed by atoms with van der Waals surface area (Å²) in [7, 11) is -2.79. The number of piperazine rings is 1. The van der Waals surface area contributed by atoms with Crippen LogP contribution in [0.4, 0.5) is 8.78 Å². The van der Waals surface area contributed by atoms with Crippen LogP contribution in [0.25, 0.3) is 6.08 Å². The maximum Gasteiger partial charge on any atom is 0.249 e. The number of rotatable bonds is 5. The van der Waals surface area contributed by atoms with Gasteiger partial charge in [0.1, 0.15) is 17.4 Å². The molecule has 1 amide bonds. The van der Waals surface area contributed by atoms with Gasteiger partial charge in [0.2, 0.25) is 15.9 Å². The van der Waals surface area contributed by atoms with Crippen LogP contribution in [0.15, 0.2) is 53.4 Å². The Morgan fingerprint density at radius 3 is 2.24 bits per heavy atom. The Morgan fingerprint density at radius 1 is 1.00 bits per heavy atom. The number of ether oxygens (including phenoxy) is 1. The fraction of sp³-hybridized carbons (Fsp3) is 0.250. The van der Waals surface area contributed by atoms with Gasteiger partial charge in [-0.2, -0.15) is 4.31 Å². The number of hydrogen-bond donors (Lipinski definition) is 0. The summed E-state index contributed by atoms with van der Waals surface area (Å²) in [5.74, 6) is -1.93. The predicted octanol–water partition coefficient (Wildman–Crippen LogP) is 2.52. The molecule has 1 aliphatic rings. The van der Waals surface area contributed by atoms with E-state index in [9.17, 15) is 22.0 Å². The summed E-state index contributed by atoms with van der Waals surface area (Å²) < 4.78 is 59.2. The topological polar surface area (TPSA) is 66.9 Å². The second-order valence-electron chi connectivity index (χ2n) is 6.36. The van der Waals surface area contributed by atoms with E-state index in [2.05, 4.69) is 0 Å². The van der Waals surface area contributed by atoms with Crippen LogP contribution in [-0.2, 0) is 14.8 Å². The predicted molar refractivity (Wildman–Crippen MR) is 104 cm³/mol. The SMILES string of the molecule is COc1ccccc1C=CC(=O)N1CCN(S(=O)(=O)c2c(F)cccc2F)CC1. The van der Waals surface area contributed by atoms with Gasteiger partial charge < -0.3 is 9.64 Å². The van der Waals surface area contributed by atoms with E-state index in [1.807, 2.05) is 12.1 Å². The number of benzene rings is 2. The Labute approximate surface area is 168 Å². The minimum Gasteiger partial charge on any atom is -0.496 e. The minimum atomic E-state index is -4.33. The third kappa shape index (κ3) is 4.46. The van der Waals surface area contributed by atoms with Crippen LogP contribution >= 0.6 is 0 Å². The minimum absolute atomic E-state index is 0.0512. The van der Waals surface area contributed by atoms with E-state index in [0.29, 0.717) is 5.75 Å². The Bertz CT molecular complexity index is 1010. The number of sulfonamides is 1. The van der Waals surface area contributed by atoms with Gasteiger partial charge >= 0.3 is 0 Å². The molecule has 0 N–H and O–H groups in total. The molecule has 1 aliphatic heterocycles. The van der Waals surface area contributed by atoms with Gasteiger partial charge in [-0.15, -0.1) is 0 Å². The molecule has 0 spiro atoms. The largest absolute Gasteiger partial charge is 0.496 e. The molecule has 0 unspecified atom stereocenters. The van der Waals surface area contributed by atoms with Crippen LogP contribution in [0.2, 0.25) is 0 Å². The summed E-state index contributed by atoms with van der Waals surface area (Å²) in [4.78, 5) is 12.9. The van der Waals surface area contributed by atoms with E-state index in [0.717, 1.165) is 28.1 Å². The normalized spacial score (nSPS) is 15.6.